The quantitative estimate of drug-likeness (QED) is 0.805. The lowest BCUT2D eigenvalue weighted by Gasteiger charge is -2.27. The van der Waals surface area contributed by atoms with E-state index in [4.69, 9.17) is 4.52 Å². The van der Waals surface area contributed by atoms with Crippen molar-refractivity contribution in [3.8, 4) is 0 Å². The highest BCUT2D eigenvalue weighted by atomic mass is 16.5. The zero-order valence-corrected chi connectivity index (χ0v) is 9.27. The van der Waals surface area contributed by atoms with E-state index in [1.165, 1.54) is 0 Å². The number of aromatic nitrogens is 1. The molecule has 1 amide bonds. The number of fused-ring (bicyclic) bond motifs is 1. The maximum atomic E-state index is 11.7. The highest BCUT2D eigenvalue weighted by Gasteiger charge is 2.20. The lowest BCUT2D eigenvalue weighted by Crippen LogP contribution is -2.57. The van der Waals surface area contributed by atoms with Gasteiger partial charge < -0.3 is 15.2 Å². The molecule has 0 saturated carbocycles. The normalized spacial score (nSPS) is 15.8. The molecule has 0 bridgehead atoms. The van der Waals surface area contributed by atoms with Crippen molar-refractivity contribution in [2.24, 2.45) is 0 Å². The van der Waals surface area contributed by atoms with Crippen LogP contribution in [0.3, 0.4) is 0 Å². The van der Waals surface area contributed by atoms with Gasteiger partial charge in [0.1, 0.15) is 5.69 Å². The third-order valence-corrected chi connectivity index (χ3v) is 2.93. The minimum absolute atomic E-state index is 0.00412. The Morgan fingerprint density at radius 3 is 3.06 bits per heavy atom. The molecule has 2 heterocycles. The summed E-state index contributed by atoms with van der Waals surface area (Å²) in [4.78, 5) is 11.7. The van der Waals surface area contributed by atoms with Gasteiger partial charge >= 0.3 is 0 Å². The third kappa shape index (κ3) is 2.01. The summed E-state index contributed by atoms with van der Waals surface area (Å²) in [5.41, 5.74) is 1.42. The average molecular weight is 231 g/mol. The topological polar surface area (TPSA) is 67.2 Å². The first kappa shape index (κ1) is 10.3. The van der Waals surface area contributed by atoms with Crippen LogP contribution in [0.2, 0.25) is 0 Å². The molecule has 0 radical (unpaired) electrons. The van der Waals surface area contributed by atoms with Gasteiger partial charge in [0.05, 0.1) is 12.5 Å². The summed E-state index contributed by atoms with van der Waals surface area (Å²) in [6.07, 6.45) is 0.271. The van der Waals surface area contributed by atoms with E-state index in [9.17, 15) is 4.79 Å². The van der Waals surface area contributed by atoms with Crippen molar-refractivity contribution in [1.29, 1.82) is 0 Å². The highest BCUT2D eigenvalue weighted by molar-refractivity contribution is 5.86. The van der Waals surface area contributed by atoms with Crippen molar-refractivity contribution >= 4 is 16.9 Å². The molecule has 0 aliphatic carbocycles. The van der Waals surface area contributed by atoms with E-state index >= 15 is 0 Å². The second-order valence-electron chi connectivity index (χ2n) is 4.22. The summed E-state index contributed by atoms with van der Waals surface area (Å²) in [7, 11) is 0. The van der Waals surface area contributed by atoms with E-state index in [0.29, 0.717) is 5.69 Å². The molecular weight excluding hydrogens is 218 g/mol. The van der Waals surface area contributed by atoms with Crippen LogP contribution in [0, 0.1) is 0 Å². The fourth-order valence-electron chi connectivity index (χ4n) is 1.89. The molecule has 1 aliphatic heterocycles. The molecule has 88 valence electrons. The van der Waals surface area contributed by atoms with E-state index in [0.717, 1.165) is 24.1 Å². The molecule has 1 aromatic carbocycles. The molecule has 1 aliphatic rings. The molecule has 17 heavy (non-hydrogen) atoms. The van der Waals surface area contributed by atoms with Crippen LogP contribution in [0.4, 0.5) is 0 Å². The number of amides is 1. The Balaban J connectivity index is 1.73. The monoisotopic (exact) mass is 231 g/mol. The first-order chi connectivity index (χ1) is 8.33. The largest absolute Gasteiger partial charge is 0.356 e. The van der Waals surface area contributed by atoms with Crippen LogP contribution in [0.25, 0.3) is 11.0 Å². The molecule has 1 saturated heterocycles. The van der Waals surface area contributed by atoms with E-state index in [1.807, 2.05) is 24.3 Å². The number of para-hydroxylation sites is 1. The molecule has 5 nitrogen and oxygen atoms in total. The molecule has 2 aromatic rings. The van der Waals surface area contributed by atoms with Gasteiger partial charge in [-0.05, 0) is 12.1 Å². The summed E-state index contributed by atoms with van der Waals surface area (Å²) in [6.45, 7) is 1.70. The number of carbonyl (C=O) groups excluding carboxylic acids is 1. The molecule has 2 N–H and O–H groups in total. The molecule has 0 atom stereocenters. The van der Waals surface area contributed by atoms with E-state index in [-0.39, 0.29) is 18.4 Å². The summed E-state index contributed by atoms with van der Waals surface area (Å²) < 4.78 is 5.15. The van der Waals surface area contributed by atoms with Crippen LogP contribution in [-0.4, -0.2) is 30.2 Å². The minimum atomic E-state index is -0.00412. The Kier molecular flexibility index (Phi) is 2.53. The van der Waals surface area contributed by atoms with Crippen molar-refractivity contribution in [3.05, 3.63) is 30.0 Å². The van der Waals surface area contributed by atoms with Crippen LogP contribution < -0.4 is 10.6 Å². The SMILES string of the molecule is O=C(Cc1noc2ccccc12)NC1CNC1. The van der Waals surface area contributed by atoms with Gasteiger partial charge in [0.15, 0.2) is 5.58 Å². The Bertz CT molecular complexity index is 545. The van der Waals surface area contributed by atoms with Gasteiger partial charge in [0.2, 0.25) is 5.91 Å². The molecule has 0 spiro atoms. The Morgan fingerprint density at radius 1 is 1.47 bits per heavy atom. The number of rotatable bonds is 3. The maximum Gasteiger partial charge on any atom is 0.226 e. The van der Waals surface area contributed by atoms with Gasteiger partial charge in [-0.2, -0.15) is 0 Å². The second-order valence-corrected chi connectivity index (χ2v) is 4.22. The second kappa shape index (κ2) is 4.18. The van der Waals surface area contributed by atoms with Crippen LogP contribution in [-0.2, 0) is 11.2 Å². The molecule has 0 unspecified atom stereocenters. The molecule has 1 fully saturated rings. The van der Waals surface area contributed by atoms with Crippen molar-refractivity contribution in [3.63, 3.8) is 0 Å². The van der Waals surface area contributed by atoms with Crippen LogP contribution in [0.15, 0.2) is 28.8 Å². The van der Waals surface area contributed by atoms with Crippen LogP contribution in [0.5, 0.6) is 0 Å². The summed E-state index contributed by atoms with van der Waals surface area (Å²) in [6, 6.07) is 7.83. The maximum absolute atomic E-state index is 11.7. The minimum Gasteiger partial charge on any atom is -0.356 e. The summed E-state index contributed by atoms with van der Waals surface area (Å²) >= 11 is 0. The fraction of sp³-hybridized carbons (Fsp3) is 0.333. The standard InChI is InChI=1S/C12H13N3O2/c16-12(14-8-6-13-7-8)5-10-9-3-1-2-4-11(9)17-15-10/h1-4,8,13H,5-7H2,(H,14,16). The number of benzene rings is 1. The first-order valence-electron chi connectivity index (χ1n) is 5.66. The smallest absolute Gasteiger partial charge is 0.226 e. The zero-order valence-electron chi connectivity index (χ0n) is 9.27. The van der Waals surface area contributed by atoms with Gasteiger partial charge in [-0.15, -0.1) is 0 Å². The summed E-state index contributed by atoms with van der Waals surface area (Å²) in [5.74, 6) is -0.00412. The van der Waals surface area contributed by atoms with Gasteiger partial charge in [-0.1, -0.05) is 17.3 Å². The number of nitrogens with one attached hydrogen (secondary N) is 2. The van der Waals surface area contributed by atoms with Gasteiger partial charge in [0.25, 0.3) is 0 Å². The number of hydrogen-bond donors (Lipinski definition) is 2. The zero-order chi connectivity index (χ0) is 11.7. The summed E-state index contributed by atoms with van der Waals surface area (Å²) in [5, 5.41) is 10.9. The van der Waals surface area contributed by atoms with Crippen molar-refractivity contribution in [2.45, 2.75) is 12.5 Å². The lowest BCUT2D eigenvalue weighted by molar-refractivity contribution is -0.121. The van der Waals surface area contributed by atoms with Gasteiger partial charge in [-0.3, -0.25) is 4.79 Å². The molecule has 5 heteroatoms. The predicted molar refractivity (Wildman–Crippen MR) is 62.5 cm³/mol. The first-order valence-corrected chi connectivity index (χ1v) is 5.66. The van der Waals surface area contributed by atoms with Crippen molar-refractivity contribution in [1.82, 2.24) is 15.8 Å². The molecule has 3 rings (SSSR count). The predicted octanol–water partition coefficient (Wildman–Crippen LogP) is 0.458. The fourth-order valence-corrected chi connectivity index (χ4v) is 1.89. The van der Waals surface area contributed by atoms with Gasteiger partial charge in [0, 0.05) is 18.5 Å². The van der Waals surface area contributed by atoms with Crippen molar-refractivity contribution < 1.29 is 9.32 Å². The molecular formula is C12H13N3O2. The number of hydrogen-bond acceptors (Lipinski definition) is 4. The Labute approximate surface area is 98.2 Å². The van der Waals surface area contributed by atoms with Gasteiger partial charge in [-0.25, -0.2) is 0 Å². The van der Waals surface area contributed by atoms with Crippen molar-refractivity contribution in [2.75, 3.05) is 13.1 Å². The van der Waals surface area contributed by atoms with E-state index < -0.39 is 0 Å². The Morgan fingerprint density at radius 2 is 2.29 bits per heavy atom. The average Bonchev–Trinajstić information content (AvgIpc) is 2.68. The Hall–Kier alpha value is -1.88. The van der Waals surface area contributed by atoms with E-state index in [2.05, 4.69) is 15.8 Å². The van der Waals surface area contributed by atoms with Crippen LogP contribution >= 0.6 is 0 Å². The highest BCUT2D eigenvalue weighted by Crippen LogP contribution is 2.17. The molecule has 1 aromatic heterocycles. The third-order valence-electron chi connectivity index (χ3n) is 2.93. The number of nitrogens with zero attached hydrogens (tertiary/aromatic N) is 1. The lowest BCUT2D eigenvalue weighted by atomic mass is 10.1. The van der Waals surface area contributed by atoms with E-state index in [1.54, 1.807) is 0 Å². The van der Waals surface area contributed by atoms with Crippen LogP contribution in [0.1, 0.15) is 5.69 Å². The number of carbonyl (C=O) groups is 1.